The van der Waals surface area contributed by atoms with Crippen LogP contribution in [0.1, 0.15) is 11.1 Å². The van der Waals surface area contributed by atoms with Crippen molar-refractivity contribution in [2.45, 2.75) is 13.5 Å². The summed E-state index contributed by atoms with van der Waals surface area (Å²) in [5.74, 6) is 1.95. The van der Waals surface area contributed by atoms with Gasteiger partial charge in [0, 0.05) is 17.8 Å². The van der Waals surface area contributed by atoms with Gasteiger partial charge < -0.3 is 15.4 Å². The van der Waals surface area contributed by atoms with E-state index in [1.54, 1.807) is 13.3 Å². The second-order valence-corrected chi connectivity index (χ2v) is 5.95. The fourth-order valence-electron chi connectivity index (χ4n) is 2.38. The predicted molar refractivity (Wildman–Crippen MR) is 102 cm³/mol. The molecule has 0 atom stereocenters. The number of ether oxygens (including phenoxy) is 1. The molecule has 1 heterocycles. The Morgan fingerprint density at radius 2 is 1.96 bits per heavy atom. The van der Waals surface area contributed by atoms with Gasteiger partial charge in [0.2, 0.25) is 5.95 Å². The molecule has 2 N–H and O–H groups in total. The average Bonchev–Trinajstić information content (AvgIpc) is 2.62. The lowest BCUT2D eigenvalue weighted by molar-refractivity contribution is 0.416. The molecule has 0 fully saturated rings. The second-order valence-electron chi connectivity index (χ2n) is 5.54. The third-order valence-electron chi connectivity index (χ3n) is 3.67. The van der Waals surface area contributed by atoms with Gasteiger partial charge in [-0.3, -0.25) is 0 Å². The van der Waals surface area contributed by atoms with Crippen molar-refractivity contribution < 1.29 is 4.74 Å². The van der Waals surface area contributed by atoms with E-state index in [1.807, 2.05) is 55.5 Å². The molecule has 6 heteroatoms. The SMILES string of the molecule is COc1ccc(C)cc1Nc1nccc(NCc2ccccc2Cl)n1. The van der Waals surface area contributed by atoms with Crippen LogP contribution in [0.25, 0.3) is 0 Å². The molecule has 0 saturated heterocycles. The van der Waals surface area contributed by atoms with Crippen molar-refractivity contribution in [1.29, 1.82) is 0 Å². The monoisotopic (exact) mass is 354 g/mol. The molecule has 0 radical (unpaired) electrons. The highest BCUT2D eigenvalue weighted by Gasteiger charge is 2.06. The highest BCUT2D eigenvalue weighted by Crippen LogP contribution is 2.27. The summed E-state index contributed by atoms with van der Waals surface area (Å²) in [6.45, 7) is 2.61. The first-order valence-electron chi connectivity index (χ1n) is 7.87. The van der Waals surface area contributed by atoms with Gasteiger partial charge in [0.1, 0.15) is 11.6 Å². The van der Waals surface area contributed by atoms with Crippen LogP contribution in [0.2, 0.25) is 5.02 Å². The zero-order chi connectivity index (χ0) is 17.6. The predicted octanol–water partition coefficient (Wildman–Crippen LogP) is 4.80. The third kappa shape index (κ3) is 4.39. The van der Waals surface area contributed by atoms with Crippen LogP contribution in [0.15, 0.2) is 54.7 Å². The van der Waals surface area contributed by atoms with Gasteiger partial charge in [0.05, 0.1) is 12.8 Å². The Morgan fingerprint density at radius 1 is 1.12 bits per heavy atom. The molecule has 0 spiro atoms. The van der Waals surface area contributed by atoms with E-state index in [1.165, 1.54) is 0 Å². The number of rotatable bonds is 6. The summed E-state index contributed by atoms with van der Waals surface area (Å²) in [5.41, 5.74) is 2.96. The Hall–Kier alpha value is -2.79. The molecule has 0 saturated carbocycles. The van der Waals surface area contributed by atoms with Crippen molar-refractivity contribution in [3.63, 3.8) is 0 Å². The first-order valence-corrected chi connectivity index (χ1v) is 8.25. The molecule has 0 unspecified atom stereocenters. The lowest BCUT2D eigenvalue weighted by Gasteiger charge is -2.12. The highest BCUT2D eigenvalue weighted by molar-refractivity contribution is 6.31. The van der Waals surface area contributed by atoms with E-state index in [0.717, 1.165) is 27.6 Å². The van der Waals surface area contributed by atoms with Crippen molar-refractivity contribution in [3.05, 3.63) is 70.9 Å². The Bertz CT molecular complexity index is 870. The maximum Gasteiger partial charge on any atom is 0.229 e. The maximum atomic E-state index is 6.18. The van der Waals surface area contributed by atoms with Crippen LogP contribution in [-0.2, 0) is 6.54 Å². The average molecular weight is 355 g/mol. The van der Waals surface area contributed by atoms with Crippen LogP contribution in [0.5, 0.6) is 5.75 Å². The van der Waals surface area contributed by atoms with E-state index >= 15 is 0 Å². The Kier molecular flexibility index (Phi) is 5.36. The molecule has 2 aromatic carbocycles. The first-order chi connectivity index (χ1) is 12.2. The molecule has 3 aromatic rings. The second kappa shape index (κ2) is 7.85. The number of nitrogens with zero attached hydrogens (tertiary/aromatic N) is 2. The van der Waals surface area contributed by atoms with Gasteiger partial charge in [-0.25, -0.2) is 4.98 Å². The molecule has 3 rings (SSSR count). The molecule has 5 nitrogen and oxygen atoms in total. The largest absolute Gasteiger partial charge is 0.495 e. The van der Waals surface area contributed by atoms with Gasteiger partial charge in [-0.1, -0.05) is 35.9 Å². The minimum Gasteiger partial charge on any atom is -0.495 e. The smallest absolute Gasteiger partial charge is 0.229 e. The molecular weight excluding hydrogens is 336 g/mol. The minimum atomic E-state index is 0.494. The zero-order valence-corrected chi connectivity index (χ0v) is 14.8. The fourth-order valence-corrected chi connectivity index (χ4v) is 2.59. The van der Waals surface area contributed by atoms with Gasteiger partial charge in [0.15, 0.2) is 0 Å². The standard InChI is InChI=1S/C19H19ClN4O/c1-13-7-8-17(25-2)16(11-13)23-19-21-10-9-18(24-19)22-12-14-5-3-4-6-15(14)20/h3-11H,12H2,1-2H3,(H2,21,22,23,24). The van der Waals surface area contributed by atoms with Crippen molar-refractivity contribution in [2.24, 2.45) is 0 Å². The molecule has 1 aromatic heterocycles. The van der Waals surface area contributed by atoms with Crippen LogP contribution in [0.4, 0.5) is 17.5 Å². The molecule has 25 heavy (non-hydrogen) atoms. The number of aromatic nitrogens is 2. The van der Waals surface area contributed by atoms with Gasteiger partial charge >= 0.3 is 0 Å². The summed E-state index contributed by atoms with van der Waals surface area (Å²) in [7, 11) is 1.64. The number of hydrogen-bond donors (Lipinski definition) is 2. The van der Waals surface area contributed by atoms with E-state index in [-0.39, 0.29) is 0 Å². The molecule has 128 valence electrons. The molecular formula is C19H19ClN4O. The van der Waals surface area contributed by atoms with Gasteiger partial charge in [0.25, 0.3) is 0 Å². The van der Waals surface area contributed by atoms with E-state index in [4.69, 9.17) is 16.3 Å². The van der Waals surface area contributed by atoms with Gasteiger partial charge in [-0.2, -0.15) is 4.98 Å². The van der Waals surface area contributed by atoms with E-state index in [0.29, 0.717) is 18.3 Å². The summed E-state index contributed by atoms with van der Waals surface area (Å²) in [6.07, 6.45) is 1.70. The summed E-state index contributed by atoms with van der Waals surface area (Å²) in [6, 6.07) is 15.4. The number of anilines is 3. The van der Waals surface area contributed by atoms with Crippen molar-refractivity contribution >= 4 is 29.1 Å². The van der Waals surface area contributed by atoms with Crippen molar-refractivity contribution in [3.8, 4) is 5.75 Å². The Labute approximate surface area is 152 Å². The fraction of sp³-hybridized carbons (Fsp3) is 0.158. The summed E-state index contributed by atoms with van der Waals surface area (Å²) >= 11 is 6.18. The number of hydrogen-bond acceptors (Lipinski definition) is 5. The van der Waals surface area contributed by atoms with Crippen molar-refractivity contribution in [1.82, 2.24) is 9.97 Å². The maximum absolute atomic E-state index is 6.18. The summed E-state index contributed by atoms with van der Waals surface area (Å²) in [4.78, 5) is 8.75. The van der Waals surface area contributed by atoms with Crippen LogP contribution < -0.4 is 15.4 Å². The normalized spacial score (nSPS) is 10.4. The molecule has 0 amide bonds. The highest BCUT2D eigenvalue weighted by atomic mass is 35.5. The van der Waals surface area contributed by atoms with E-state index in [9.17, 15) is 0 Å². The van der Waals surface area contributed by atoms with E-state index in [2.05, 4.69) is 20.6 Å². The van der Waals surface area contributed by atoms with Crippen LogP contribution in [0.3, 0.4) is 0 Å². The Balaban J connectivity index is 1.74. The lowest BCUT2D eigenvalue weighted by Crippen LogP contribution is -2.05. The lowest BCUT2D eigenvalue weighted by atomic mass is 10.2. The summed E-state index contributed by atoms with van der Waals surface area (Å²) in [5, 5.41) is 7.19. The number of aryl methyl sites for hydroxylation is 1. The molecule has 0 bridgehead atoms. The van der Waals surface area contributed by atoms with Gasteiger partial charge in [-0.05, 0) is 42.3 Å². The van der Waals surface area contributed by atoms with Gasteiger partial charge in [-0.15, -0.1) is 0 Å². The summed E-state index contributed by atoms with van der Waals surface area (Å²) < 4.78 is 5.37. The van der Waals surface area contributed by atoms with Crippen LogP contribution in [-0.4, -0.2) is 17.1 Å². The van der Waals surface area contributed by atoms with Crippen molar-refractivity contribution in [2.75, 3.05) is 17.7 Å². The quantitative estimate of drug-likeness (QED) is 0.665. The van der Waals surface area contributed by atoms with Crippen LogP contribution in [0, 0.1) is 6.92 Å². The number of halogens is 1. The number of benzene rings is 2. The molecule has 0 aliphatic carbocycles. The third-order valence-corrected chi connectivity index (χ3v) is 4.04. The minimum absolute atomic E-state index is 0.494. The van der Waals surface area contributed by atoms with Crippen LogP contribution >= 0.6 is 11.6 Å². The number of methoxy groups -OCH3 is 1. The zero-order valence-electron chi connectivity index (χ0n) is 14.1. The molecule has 0 aliphatic heterocycles. The van der Waals surface area contributed by atoms with E-state index < -0.39 is 0 Å². The Morgan fingerprint density at radius 3 is 2.76 bits per heavy atom. The molecule has 0 aliphatic rings. The number of nitrogens with one attached hydrogen (secondary N) is 2. The topological polar surface area (TPSA) is 59.1 Å². The first kappa shape index (κ1) is 17.0.